The van der Waals surface area contributed by atoms with Gasteiger partial charge in [-0.2, -0.15) is 0 Å². The van der Waals surface area contributed by atoms with Crippen molar-refractivity contribution in [1.82, 2.24) is 4.98 Å². The van der Waals surface area contributed by atoms with Gasteiger partial charge < -0.3 is 14.8 Å². The van der Waals surface area contributed by atoms with E-state index in [1.54, 1.807) is 31.5 Å². The highest BCUT2D eigenvalue weighted by molar-refractivity contribution is 6.01. The smallest absolute Gasteiger partial charge is 0.248 e. The second-order valence-corrected chi connectivity index (χ2v) is 7.30. The van der Waals surface area contributed by atoms with Crippen LogP contribution in [0.4, 0.5) is 5.69 Å². The molecule has 4 rings (SSSR count). The van der Waals surface area contributed by atoms with Gasteiger partial charge >= 0.3 is 0 Å². The largest absolute Gasteiger partial charge is 0.497 e. The topological polar surface area (TPSA) is 60.5 Å². The van der Waals surface area contributed by atoms with Gasteiger partial charge in [0.15, 0.2) is 6.10 Å². The summed E-state index contributed by atoms with van der Waals surface area (Å²) in [6.45, 7) is 0. The van der Waals surface area contributed by atoms with Crippen LogP contribution in [0.5, 0.6) is 11.6 Å². The van der Waals surface area contributed by atoms with Gasteiger partial charge in [-0.05, 0) is 41.0 Å². The van der Waals surface area contributed by atoms with E-state index >= 15 is 0 Å². The minimum atomic E-state index is -0.286. The summed E-state index contributed by atoms with van der Waals surface area (Å²) in [5, 5.41) is 2.81. The van der Waals surface area contributed by atoms with E-state index < -0.39 is 0 Å². The Bertz CT molecular complexity index is 1170. The van der Waals surface area contributed by atoms with Gasteiger partial charge in [-0.15, -0.1) is 0 Å². The summed E-state index contributed by atoms with van der Waals surface area (Å²) in [6, 6.07) is 31.0. The van der Waals surface area contributed by atoms with Gasteiger partial charge in [-0.1, -0.05) is 72.8 Å². The van der Waals surface area contributed by atoms with Crippen molar-refractivity contribution in [2.24, 2.45) is 0 Å². The first-order chi connectivity index (χ1) is 16.2. The van der Waals surface area contributed by atoms with Crippen LogP contribution in [0.15, 0.2) is 109 Å². The standard InChI is InChI=1S/C28H24N2O3/c1-32-25-14-8-9-21(19-25)15-17-26(31)30-24-16-18-27(29-20-24)33-28(22-10-4-2-5-11-22)23-12-6-3-7-13-23/h2-20,28H,1H3,(H,30,31)/b17-15+. The summed E-state index contributed by atoms with van der Waals surface area (Å²) < 4.78 is 11.4. The Morgan fingerprint density at radius 3 is 2.18 bits per heavy atom. The zero-order valence-corrected chi connectivity index (χ0v) is 18.2. The first-order valence-electron chi connectivity index (χ1n) is 10.6. The Hall–Kier alpha value is -4.38. The Kier molecular flexibility index (Phi) is 7.13. The number of amides is 1. The normalized spacial score (nSPS) is 10.8. The number of rotatable bonds is 8. The van der Waals surface area contributed by atoms with E-state index in [0.717, 1.165) is 22.4 Å². The zero-order chi connectivity index (χ0) is 22.9. The first-order valence-corrected chi connectivity index (χ1v) is 10.6. The maximum Gasteiger partial charge on any atom is 0.248 e. The van der Waals surface area contributed by atoms with Crippen LogP contribution < -0.4 is 14.8 Å². The zero-order valence-electron chi connectivity index (χ0n) is 18.2. The molecule has 0 radical (unpaired) electrons. The molecule has 0 unspecified atom stereocenters. The molecule has 1 N–H and O–H groups in total. The van der Waals surface area contributed by atoms with Crippen molar-refractivity contribution in [2.75, 3.05) is 12.4 Å². The average Bonchev–Trinajstić information content (AvgIpc) is 2.88. The second kappa shape index (κ2) is 10.8. The lowest BCUT2D eigenvalue weighted by Gasteiger charge is -2.19. The van der Waals surface area contributed by atoms with Crippen LogP contribution >= 0.6 is 0 Å². The molecule has 3 aromatic carbocycles. The molecular formula is C28H24N2O3. The van der Waals surface area contributed by atoms with Crippen molar-refractivity contribution >= 4 is 17.7 Å². The molecule has 4 aromatic rings. The molecule has 0 aliphatic heterocycles. The van der Waals surface area contributed by atoms with Gasteiger partial charge in [0.05, 0.1) is 19.0 Å². The molecule has 0 saturated heterocycles. The number of ether oxygens (including phenoxy) is 2. The summed E-state index contributed by atoms with van der Waals surface area (Å²) in [4.78, 5) is 16.7. The van der Waals surface area contributed by atoms with E-state index in [2.05, 4.69) is 10.3 Å². The number of nitrogens with zero attached hydrogens (tertiary/aromatic N) is 1. The molecule has 164 valence electrons. The first kappa shape index (κ1) is 21.8. The van der Waals surface area contributed by atoms with E-state index in [1.807, 2.05) is 84.9 Å². The third kappa shape index (κ3) is 6.08. The van der Waals surface area contributed by atoms with Crippen LogP contribution in [0.2, 0.25) is 0 Å². The number of hydrogen-bond donors (Lipinski definition) is 1. The molecule has 5 nitrogen and oxygen atoms in total. The summed E-state index contributed by atoms with van der Waals surface area (Å²) >= 11 is 0. The van der Waals surface area contributed by atoms with Crippen molar-refractivity contribution in [3.63, 3.8) is 0 Å². The minimum Gasteiger partial charge on any atom is -0.497 e. The Labute approximate surface area is 193 Å². The average molecular weight is 437 g/mol. The fourth-order valence-electron chi connectivity index (χ4n) is 3.33. The number of aromatic nitrogens is 1. The molecule has 0 atom stereocenters. The van der Waals surface area contributed by atoms with Crippen LogP contribution in [0.25, 0.3) is 6.08 Å². The molecule has 0 saturated carbocycles. The molecule has 1 aromatic heterocycles. The van der Waals surface area contributed by atoms with Crippen molar-refractivity contribution in [3.8, 4) is 11.6 Å². The monoisotopic (exact) mass is 436 g/mol. The third-order valence-corrected chi connectivity index (χ3v) is 4.97. The molecule has 1 amide bonds. The van der Waals surface area contributed by atoms with E-state index in [9.17, 15) is 4.79 Å². The van der Waals surface area contributed by atoms with Crippen molar-refractivity contribution in [1.29, 1.82) is 0 Å². The molecule has 0 bridgehead atoms. The van der Waals surface area contributed by atoms with Gasteiger partial charge in [0.1, 0.15) is 5.75 Å². The highest BCUT2D eigenvalue weighted by Gasteiger charge is 2.16. The number of carbonyl (C=O) groups excluding carboxylic acids is 1. The summed E-state index contributed by atoms with van der Waals surface area (Å²) in [5.74, 6) is 0.957. The predicted octanol–water partition coefficient (Wildman–Crippen LogP) is 5.91. The molecule has 0 spiro atoms. The van der Waals surface area contributed by atoms with E-state index in [4.69, 9.17) is 9.47 Å². The predicted molar refractivity (Wildman–Crippen MR) is 130 cm³/mol. The van der Waals surface area contributed by atoms with Crippen LogP contribution in [-0.4, -0.2) is 18.0 Å². The van der Waals surface area contributed by atoms with Crippen molar-refractivity contribution in [2.45, 2.75) is 6.10 Å². The fraction of sp³-hybridized carbons (Fsp3) is 0.0714. The van der Waals surface area contributed by atoms with E-state index in [-0.39, 0.29) is 12.0 Å². The highest BCUT2D eigenvalue weighted by atomic mass is 16.5. The lowest BCUT2D eigenvalue weighted by atomic mass is 10.0. The van der Waals surface area contributed by atoms with Crippen LogP contribution in [0.1, 0.15) is 22.8 Å². The van der Waals surface area contributed by atoms with Crippen LogP contribution in [0.3, 0.4) is 0 Å². The number of pyridine rings is 1. The number of benzene rings is 3. The fourth-order valence-corrected chi connectivity index (χ4v) is 3.33. The molecule has 33 heavy (non-hydrogen) atoms. The summed E-state index contributed by atoms with van der Waals surface area (Å²) in [6.07, 6.45) is 4.50. The number of carbonyl (C=O) groups is 1. The number of methoxy groups -OCH3 is 1. The molecular weight excluding hydrogens is 412 g/mol. The molecule has 0 aliphatic rings. The maximum absolute atomic E-state index is 12.3. The summed E-state index contributed by atoms with van der Waals surface area (Å²) in [5.41, 5.74) is 3.52. The van der Waals surface area contributed by atoms with Crippen molar-refractivity contribution < 1.29 is 14.3 Å². The van der Waals surface area contributed by atoms with Gasteiger partial charge in [0.2, 0.25) is 11.8 Å². The van der Waals surface area contributed by atoms with Gasteiger partial charge in [-0.3, -0.25) is 4.79 Å². The SMILES string of the molecule is COc1cccc(/C=C/C(=O)Nc2ccc(OC(c3ccccc3)c3ccccc3)nc2)c1. The Morgan fingerprint density at radius 2 is 1.58 bits per heavy atom. The van der Waals surface area contributed by atoms with E-state index in [0.29, 0.717) is 11.6 Å². The maximum atomic E-state index is 12.3. The number of nitrogens with one attached hydrogen (secondary N) is 1. The minimum absolute atomic E-state index is 0.250. The van der Waals surface area contributed by atoms with Gasteiger partial charge in [0, 0.05) is 12.1 Å². The Morgan fingerprint density at radius 1 is 0.879 bits per heavy atom. The molecule has 0 aliphatic carbocycles. The lowest BCUT2D eigenvalue weighted by molar-refractivity contribution is -0.111. The quantitative estimate of drug-likeness (QED) is 0.349. The van der Waals surface area contributed by atoms with Gasteiger partial charge in [-0.25, -0.2) is 4.98 Å². The van der Waals surface area contributed by atoms with Gasteiger partial charge in [0.25, 0.3) is 0 Å². The van der Waals surface area contributed by atoms with Crippen LogP contribution in [0, 0.1) is 0 Å². The third-order valence-electron chi connectivity index (χ3n) is 4.97. The lowest BCUT2D eigenvalue weighted by Crippen LogP contribution is -2.11. The number of hydrogen-bond acceptors (Lipinski definition) is 4. The van der Waals surface area contributed by atoms with E-state index in [1.165, 1.54) is 6.08 Å². The van der Waals surface area contributed by atoms with Crippen molar-refractivity contribution in [3.05, 3.63) is 126 Å². The number of anilines is 1. The Balaban J connectivity index is 1.42. The summed E-state index contributed by atoms with van der Waals surface area (Å²) in [7, 11) is 1.61. The molecule has 5 heteroatoms. The van der Waals surface area contributed by atoms with Crippen LogP contribution in [-0.2, 0) is 4.79 Å². The second-order valence-electron chi connectivity index (χ2n) is 7.30. The molecule has 0 fully saturated rings. The molecule has 1 heterocycles. The highest BCUT2D eigenvalue weighted by Crippen LogP contribution is 2.27.